The minimum atomic E-state index is -0.156. The Kier molecular flexibility index (Phi) is 2.99. The van der Waals surface area contributed by atoms with Gasteiger partial charge in [0.05, 0.1) is 0 Å². The fraction of sp³-hybridized carbons (Fsp3) is 0.200. The Morgan fingerprint density at radius 3 is 2.17 bits per heavy atom. The molecule has 2 aromatic rings. The number of anilines is 1. The molecule has 3 heteroatoms. The number of halogens is 2. The Bertz CT molecular complexity index is 548. The Morgan fingerprint density at radius 1 is 0.944 bits per heavy atom. The van der Waals surface area contributed by atoms with Crippen molar-refractivity contribution in [1.29, 1.82) is 0 Å². The zero-order valence-electron chi connectivity index (χ0n) is 9.98. The van der Waals surface area contributed by atoms with Crippen molar-refractivity contribution in [2.75, 3.05) is 4.90 Å². The maximum Gasteiger partial charge on any atom is 0.176 e. The number of rotatable bonds is 2. The molecule has 1 nitrogen and oxygen atoms in total. The van der Waals surface area contributed by atoms with E-state index in [0.29, 0.717) is 6.04 Å². The highest BCUT2D eigenvalue weighted by Gasteiger charge is 2.60. The molecule has 1 aliphatic heterocycles. The second kappa shape index (κ2) is 4.39. The van der Waals surface area contributed by atoms with Crippen molar-refractivity contribution in [1.82, 2.24) is 0 Å². The highest BCUT2D eigenvalue weighted by molar-refractivity contribution is 9.25. The highest BCUT2D eigenvalue weighted by Crippen LogP contribution is 2.63. The molecule has 0 N–H and O–H groups in total. The molecule has 92 valence electrons. The van der Waals surface area contributed by atoms with Crippen LogP contribution in [0.3, 0.4) is 0 Å². The third-order valence-electron chi connectivity index (χ3n) is 3.27. The highest BCUT2D eigenvalue weighted by atomic mass is 79.9. The van der Waals surface area contributed by atoms with Crippen molar-refractivity contribution < 1.29 is 0 Å². The first-order valence-corrected chi connectivity index (χ1v) is 7.48. The van der Waals surface area contributed by atoms with E-state index < -0.39 is 0 Å². The van der Waals surface area contributed by atoms with Gasteiger partial charge in [0.15, 0.2) is 3.36 Å². The molecule has 1 fully saturated rings. The lowest BCUT2D eigenvalue weighted by Crippen LogP contribution is -1.99. The third kappa shape index (κ3) is 1.99. The molecular formula is C15H13Br2N. The lowest BCUT2D eigenvalue weighted by atomic mass is 10.1. The van der Waals surface area contributed by atoms with Gasteiger partial charge in [-0.25, -0.2) is 0 Å². The third-order valence-corrected chi connectivity index (χ3v) is 4.90. The van der Waals surface area contributed by atoms with Crippen molar-refractivity contribution in [3.63, 3.8) is 0 Å². The standard InChI is InChI=1S/C15H13Br2N/c1-11-7-9-12(10-8-11)14-15(16,17)18(14)13-5-3-2-4-6-13/h2-10,14H,1H3. The van der Waals surface area contributed by atoms with Gasteiger partial charge in [-0.05, 0) is 56.5 Å². The van der Waals surface area contributed by atoms with Crippen LogP contribution >= 0.6 is 31.9 Å². The van der Waals surface area contributed by atoms with Gasteiger partial charge in [-0.15, -0.1) is 0 Å². The van der Waals surface area contributed by atoms with Crippen LogP contribution in [0.25, 0.3) is 0 Å². The van der Waals surface area contributed by atoms with Crippen LogP contribution in [0, 0.1) is 6.92 Å². The number of nitrogens with zero attached hydrogens (tertiary/aromatic N) is 1. The number of hydrogen-bond donors (Lipinski definition) is 0. The molecular weight excluding hydrogens is 354 g/mol. The molecule has 0 saturated carbocycles. The second-order valence-electron chi connectivity index (χ2n) is 4.61. The van der Waals surface area contributed by atoms with Gasteiger partial charge < -0.3 is 4.90 Å². The smallest absolute Gasteiger partial charge is 0.176 e. The number of hydrogen-bond acceptors (Lipinski definition) is 1. The molecule has 0 aliphatic carbocycles. The van der Waals surface area contributed by atoms with Crippen LogP contribution in [0.2, 0.25) is 0 Å². The number of alkyl halides is 2. The summed E-state index contributed by atoms with van der Waals surface area (Å²) in [5, 5.41) is 0. The minimum Gasteiger partial charge on any atom is -0.334 e. The normalized spacial score (nSPS) is 20.8. The molecule has 1 saturated heterocycles. The van der Waals surface area contributed by atoms with E-state index in [-0.39, 0.29) is 3.36 Å². The maximum atomic E-state index is 3.75. The number of aryl methyl sites for hydroxylation is 1. The summed E-state index contributed by atoms with van der Waals surface area (Å²) in [6, 6.07) is 19.5. The summed E-state index contributed by atoms with van der Waals surface area (Å²) in [5.74, 6) is 0. The zero-order valence-corrected chi connectivity index (χ0v) is 13.1. The molecule has 1 unspecified atom stereocenters. The van der Waals surface area contributed by atoms with Crippen LogP contribution in [-0.4, -0.2) is 3.36 Å². The summed E-state index contributed by atoms with van der Waals surface area (Å²) in [7, 11) is 0. The van der Waals surface area contributed by atoms with Gasteiger partial charge in [0.25, 0.3) is 0 Å². The molecule has 0 amide bonds. The van der Waals surface area contributed by atoms with E-state index in [1.54, 1.807) is 0 Å². The average Bonchev–Trinajstić information content (AvgIpc) is 2.94. The SMILES string of the molecule is Cc1ccc(C2N(c3ccccc3)C2(Br)Br)cc1. The first-order valence-electron chi connectivity index (χ1n) is 5.89. The maximum absolute atomic E-state index is 3.75. The lowest BCUT2D eigenvalue weighted by Gasteiger charge is -2.05. The van der Waals surface area contributed by atoms with Crippen molar-refractivity contribution >= 4 is 37.5 Å². The quantitative estimate of drug-likeness (QED) is 0.410. The molecule has 1 heterocycles. The van der Waals surface area contributed by atoms with Gasteiger partial charge in [0, 0.05) is 5.69 Å². The topological polar surface area (TPSA) is 3.01 Å². The Balaban J connectivity index is 1.93. The van der Waals surface area contributed by atoms with E-state index in [4.69, 9.17) is 0 Å². The summed E-state index contributed by atoms with van der Waals surface area (Å²) in [6.45, 7) is 2.11. The van der Waals surface area contributed by atoms with Gasteiger partial charge in [0.1, 0.15) is 6.04 Å². The summed E-state index contributed by atoms with van der Waals surface area (Å²) in [6.07, 6.45) is 0. The van der Waals surface area contributed by atoms with Crippen molar-refractivity contribution in [3.05, 3.63) is 65.7 Å². The summed E-state index contributed by atoms with van der Waals surface area (Å²) < 4.78 is -0.156. The fourth-order valence-corrected chi connectivity index (χ4v) is 3.81. The van der Waals surface area contributed by atoms with Crippen LogP contribution in [-0.2, 0) is 0 Å². The second-order valence-corrected chi connectivity index (χ2v) is 8.09. The first kappa shape index (κ1) is 12.2. The van der Waals surface area contributed by atoms with E-state index in [2.05, 4.69) is 92.2 Å². The Morgan fingerprint density at radius 2 is 1.56 bits per heavy atom. The van der Waals surface area contributed by atoms with Gasteiger partial charge in [0.2, 0.25) is 0 Å². The predicted molar refractivity (Wildman–Crippen MR) is 83.4 cm³/mol. The van der Waals surface area contributed by atoms with E-state index in [9.17, 15) is 0 Å². The van der Waals surface area contributed by atoms with E-state index >= 15 is 0 Å². The van der Waals surface area contributed by atoms with Crippen LogP contribution in [0.4, 0.5) is 5.69 Å². The van der Waals surface area contributed by atoms with Gasteiger partial charge in [-0.1, -0.05) is 48.0 Å². The fourth-order valence-electron chi connectivity index (χ4n) is 2.25. The first-order chi connectivity index (χ1) is 8.60. The molecule has 3 rings (SSSR count). The molecule has 2 aromatic carbocycles. The van der Waals surface area contributed by atoms with Crippen molar-refractivity contribution in [2.24, 2.45) is 0 Å². The van der Waals surface area contributed by atoms with Crippen molar-refractivity contribution in [3.8, 4) is 0 Å². The summed E-state index contributed by atoms with van der Waals surface area (Å²) in [4.78, 5) is 2.32. The van der Waals surface area contributed by atoms with Crippen LogP contribution < -0.4 is 4.90 Å². The molecule has 0 aromatic heterocycles. The van der Waals surface area contributed by atoms with Crippen LogP contribution in [0.1, 0.15) is 17.2 Å². The molecule has 0 spiro atoms. The molecule has 18 heavy (non-hydrogen) atoms. The van der Waals surface area contributed by atoms with Crippen molar-refractivity contribution in [2.45, 2.75) is 16.3 Å². The zero-order chi connectivity index (χ0) is 12.8. The van der Waals surface area contributed by atoms with Crippen LogP contribution in [0.15, 0.2) is 54.6 Å². The minimum absolute atomic E-state index is 0.156. The Hall–Kier alpha value is -0.800. The van der Waals surface area contributed by atoms with Gasteiger partial charge >= 0.3 is 0 Å². The largest absolute Gasteiger partial charge is 0.334 e. The monoisotopic (exact) mass is 365 g/mol. The number of para-hydroxylation sites is 1. The average molecular weight is 367 g/mol. The predicted octanol–water partition coefficient (Wildman–Crippen LogP) is 5.00. The molecule has 0 bridgehead atoms. The molecule has 1 aliphatic rings. The van der Waals surface area contributed by atoms with Gasteiger partial charge in [-0.3, -0.25) is 0 Å². The van der Waals surface area contributed by atoms with Crippen LogP contribution in [0.5, 0.6) is 0 Å². The Labute approximate surface area is 124 Å². The van der Waals surface area contributed by atoms with E-state index in [1.807, 2.05) is 6.07 Å². The summed E-state index contributed by atoms with van der Waals surface area (Å²) in [5.41, 5.74) is 3.83. The molecule has 0 radical (unpaired) electrons. The molecule has 1 atom stereocenters. The van der Waals surface area contributed by atoms with E-state index in [0.717, 1.165) is 0 Å². The summed E-state index contributed by atoms with van der Waals surface area (Å²) >= 11 is 7.51. The van der Waals surface area contributed by atoms with E-state index in [1.165, 1.54) is 16.8 Å². The van der Waals surface area contributed by atoms with Gasteiger partial charge in [-0.2, -0.15) is 0 Å². The number of benzene rings is 2. The lowest BCUT2D eigenvalue weighted by molar-refractivity contribution is 1.11.